The van der Waals surface area contributed by atoms with Crippen LogP contribution >= 0.6 is 0 Å². The molecule has 0 aliphatic heterocycles. The Kier molecular flexibility index (Phi) is 3.67. The van der Waals surface area contributed by atoms with Crippen LogP contribution in [0.5, 0.6) is 5.75 Å². The molecular formula is C14H14N2O2. The van der Waals surface area contributed by atoms with Gasteiger partial charge in [-0.15, -0.1) is 0 Å². The maximum absolute atomic E-state index is 11.1. The van der Waals surface area contributed by atoms with Crippen molar-refractivity contribution in [2.75, 3.05) is 0 Å². The number of ether oxygens (including phenoxy) is 1. The molecule has 92 valence electrons. The van der Waals surface area contributed by atoms with Crippen molar-refractivity contribution in [3.05, 3.63) is 42.5 Å². The lowest BCUT2D eigenvalue weighted by atomic mass is 10.0. The van der Waals surface area contributed by atoms with E-state index in [1.807, 2.05) is 26.0 Å². The Balaban J connectivity index is 2.56. The molecule has 2 aromatic rings. The summed E-state index contributed by atoms with van der Waals surface area (Å²) in [5, 5.41) is 0. The number of rotatable bonds is 4. The molecule has 0 saturated heterocycles. The Labute approximate surface area is 106 Å². The van der Waals surface area contributed by atoms with Crippen LogP contribution in [0, 0.1) is 0 Å². The normalized spacial score (nSPS) is 10.4. The third-order valence-electron chi connectivity index (χ3n) is 2.40. The van der Waals surface area contributed by atoms with Crippen molar-refractivity contribution in [1.29, 1.82) is 0 Å². The fraction of sp³-hybridized carbons (Fsp3) is 0.214. The van der Waals surface area contributed by atoms with E-state index in [2.05, 4.69) is 9.97 Å². The number of carbonyl (C=O) groups excluding carboxylic acids is 1. The van der Waals surface area contributed by atoms with E-state index in [-0.39, 0.29) is 6.10 Å². The van der Waals surface area contributed by atoms with Crippen molar-refractivity contribution in [3.63, 3.8) is 0 Å². The molecule has 18 heavy (non-hydrogen) atoms. The molecule has 0 aliphatic carbocycles. The minimum atomic E-state index is -0.00511. The average Bonchev–Trinajstić information content (AvgIpc) is 2.39. The van der Waals surface area contributed by atoms with Crippen LogP contribution in [0.1, 0.15) is 24.2 Å². The van der Waals surface area contributed by atoms with Gasteiger partial charge in [0.2, 0.25) is 0 Å². The second-order valence-electron chi connectivity index (χ2n) is 4.14. The fourth-order valence-electron chi connectivity index (χ4n) is 1.68. The summed E-state index contributed by atoms with van der Waals surface area (Å²) in [4.78, 5) is 19.0. The standard InChI is InChI=1S/C14H14N2O2/c1-10(2)18-14-11(8-17)4-3-5-13(14)12-6-15-9-16-7-12/h3-10H,1-2H3. The largest absolute Gasteiger partial charge is 0.490 e. The van der Waals surface area contributed by atoms with Gasteiger partial charge in [0.05, 0.1) is 11.7 Å². The first kappa shape index (κ1) is 12.2. The Bertz CT molecular complexity index is 539. The topological polar surface area (TPSA) is 52.1 Å². The molecule has 0 spiro atoms. The Morgan fingerprint density at radius 2 is 1.94 bits per heavy atom. The predicted molar refractivity (Wildman–Crippen MR) is 68.6 cm³/mol. The number of aldehydes is 1. The summed E-state index contributed by atoms with van der Waals surface area (Å²) in [7, 11) is 0. The van der Waals surface area contributed by atoms with E-state index < -0.39 is 0 Å². The van der Waals surface area contributed by atoms with Crippen LogP contribution < -0.4 is 4.74 Å². The third kappa shape index (κ3) is 2.53. The number of nitrogens with zero attached hydrogens (tertiary/aromatic N) is 2. The lowest BCUT2D eigenvalue weighted by Crippen LogP contribution is -2.08. The van der Waals surface area contributed by atoms with Gasteiger partial charge in [-0.05, 0) is 19.9 Å². The van der Waals surface area contributed by atoms with E-state index >= 15 is 0 Å². The van der Waals surface area contributed by atoms with Gasteiger partial charge >= 0.3 is 0 Å². The van der Waals surface area contributed by atoms with E-state index in [0.717, 1.165) is 17.4 Å². The zero-order valence-electron chi connectivity index (χ0n) is 10.3. The maximum Gasteiger partial charge on any atom is 0.153 e. The van der Waals surface area contributed by atoms with Crippen LogP contribution in [0.15, 0.2) is 36.9 Å². The molecular weight excluding hydrogens is 228 g/mol. The molecule has 4 heteroatoms. The average molecular weight is 242 g/mol. The molecule has 4 nitrogen and oxygen atoms in total. The Morgan fingerprint density at radius 3 is 2.56 bits per heavy atom. The molecule has 0 fully saturated rings. The molecule has 0 saturated carbocycles. The van der Waals surface area contributed by atoms with Crippen LogP contribution in [0.4, 0.5) is 0 Å². The predicted octanol–water partition coefficient (Wildman–Crippen LogP) is 2.74. The fourth-order valence-corrected chi connectivity index (χ4v) is 1.68. The Morgan fingerprint density at radius 1 is 1.22 bits per heavy atom. The van der Waals surface area contributed by atoms with Crippen molar-refractivity contribution < 1.29 is 9.53 Å². The first-order chi connectivity index (χ1) is 8.72. The molecule has 1 aromatic heterocycles. The molecule has 0 atom stereocenters. The van der Waals surface area contributed by atoms with Crippen LogP contribution in [0.3, 0.4) is 0 Å². The van der Waals surface area contributed by atoms with Gasteiger partial charge in [0.1, 0.15) is 12.1 Å². The molecule has 0 aliphatic rings. The first-order valence-electron chi connectivity index (χ1n) is 5.72. The minimum Gasteiger partial charge on any atom is -0.490 e. The zero-order valence-corrected chi connectivity index (χ0v) is 10.3. The van der Waals surface area contributed by atoms with Crippen molar-refractivity contribution in [1.82, 2.24) is 9.97 Å². The van der Waals surface area contributed by atoms with Crippen molar-refractivity contribution in [2.45, 2.75) is 20.0 Å². The second kappa shape index (κ2) is 5.40. The number of hydrogen-bond acceptors (Lipinski definition) is 4. The van der Waals surface area contributed by atoms with Gasteiger partial charge in [-0.25, -0.2) is 9.97 Å². The van der Waals surface area contributed by atoms with E-state index in [1.165, 1.54) is 6.33 Å². The van der Waals surface area contributed by atoms with Gasteiger partial charge in [0.25, 0.3) is 0 Å². The van der Waals surface area contributed by atoms with Gasteiger partial charge in [0, 0.05) is 23.5 Å². The van der Waals surface area contributed by atoms with Crippen molar-refractivity contribution in [2.24, 2.45) is 0 Å². The summed E-state index contributed by atoms with van der Waals surface area (Å²) in [6, 6.07) is 5.45. The molecule has 2 rings (SSSR count). The molecule has 0 amide bonds. The quantitative estimate of drug-likeness (QED) is 0.773. The van der Waals surface area contributed by atoms with E-state index in [4.69, 9.17) is 4.74 Å². The summed E-state index contributed by atoms with van der Waals surface area (Å²) < 4.78 is 5.73. The lowest BCUT2D eigenvalue weighted by molar-refractivity contribution is 0.111. The molecule has 0 unspecified atom stereocenters. The zero-order chi connectivity index (χ0) is 13.0. The highest BCUT2D eigenvalue weighted by molar-refractivity contribution is 5.85. The van der Waals surface area contributed by atoms with E-state index in [9.17, 15) is 4.79 Å². The van der Waals surface area contributed by atoms with Crippen LogP contribution in [0.25, 0.3) is 11.1 Å². The molecule has 1 aromatic carbocycles. The highest BCUT2D eigenvalue weighted by Crippen LogP contribution is 2.32. The highest BCUT2D eigenvalue weighted by Gasteiger charge is 2.12. The number of carbonyl (C=O) groups is 1. The van der Waals surface area contributed by atoms with Gasteiger partial charge in [-0.1, -0.05) is 12.1 Å². The summed E-state index contributed by atoms with van der Waals surface area (Å²) in [6.07, 6.45) is 5.66. The molecule has 0 bridgehead atoms. The number of benzene rings is 1. The van der Waals surface area contributed by atoms with Gasteiger partial charge in [0.15, 0.2) is 6.29 Å². The minimum absolute atomic E-state index is 0.00511. The monoisotopic (exact) mass is 242 g/mol. The van der Waals surface area contributed by atoms with Crippen molar-refractivity contribution in [3.8, 4) is 16.9 Å². The Hall–Kier alpha value is -2.23. The molecule has 0 radical (unpaired) electrons. The first-order valence-corrected chi connectivity index (χ1v) is 5.72. The van der Waals surface area contributed by atoms with E-state index in [0.29, 0.717) is 11.3 Å². The van der Waals surface area contributed by atoms with Gasteiger partial charge in [-0.3, -0.25) is 4.79 Å². The summed E-state index contributed by atoms with van der Waals surface area (Å²) in [5.41, 5.74) is 2.19. The SMILES string of the molecule is CC(C)Oc1c(C=O)cccc1-c1cncnc1. The highest BCUT2D eigenvalue weighted by atomic mass is 16.5. The summed E-state index contributed by atoms with van der Waals surface area (Å²) in [5.74, 6) is 0.581. The summed E-state index contributed by atoms with van der Waals surface area (Å²) >= 11 is 0. The molecule has 0 N–H and O–H groups in total. The summed E-state index contributed by atoms with van der Waals surface area (Å²) in [6.45, 7) is 3.85. The van der Waals surface area contributed by atoms with Crippen molar-refractivity contribution >= 4 is 6.29 Å². The number of aromatic nitrogens is 2. The molecule has 1 heterocycles. The number of para-hydroxylation sites is 1. The van der Waals surface area contributed by atoms with Crippen LogP contribution in [-0.2, 0) is 0 Å². The lowest BCUT2D eigenvalue weighted by Gasteiger charge is -2.15. The smallest absolute Gasteiger partial charge is 0.153 e. The van der Waals surface area contributed by atoms with Gasteiger partial charge < -0.3 is 4.74 Å². The third-order valence-corrected chi connectivity index (χ3v) is 2.40. The van der Waals surface area contributed by atoms with Crippen LogP contribution in [0.2, 0.25) is 0 Å². The number of hydrogen-bond donors (Lipinski definition) is 0. The van der Waals surface area contributed by atoms with Crippen LogP contribution in [-0.4, -0.2) is 22.4 Å². The second-order valence-corrected chi connectivity index (χ2v) is 4.14. The maximum atomic E-state index is 11.1. The van der Waals surface area contributed by atoms with Gasteiger partial charge in [-0.2, -0.15) is 0 Å². The van der Waals surface area contributed by atoms with E-state index in [1.54, 1.807) is 18.5 Å².